The van der Waals surface area contributed by atoms with Gasteiger partial charge in [-0.1, -0.05) is 31.4 Å². The Labute approximate surface area is 138 Å². The maximum absolute atomic E-state index is 12.0. The molecule has 0 spiro atoms. The van der Waals surface area contributed by atoms with Crippen molar-refractivity contribution in [3.63, 3.8) is 0 Å². The number of aromatic nitrogens is 2. The first-order chi connectivity index (χ1) is 10.9. The molecular formula is C16H20N2O4S. The summed E-state index contributed by atoms with van der Waals surface area (Å²) in [7, 11) is 0. The number of H-pyrrole nitrogens is 1. The average Bonchev–Trinajstić information content (AvgIpc) is 2.52. The summed E-state index contributed by atoms with van der Waals surface area (Å²) in [5, 5.41) is 19.8. The molecule has 0 unspecified atom stereocenters. The number of nitrogens with zero attached hydrogens (tertiary/aromatic N) is 1. The normalized spacial score (nSPS) is 17.2. The van der Waals surface area contributed by atoms with Crippen LogP contribution in [0.1, 0.15) is 37.7 Å². The highest BCUT2D eigenvalue weighted by Crippen LogP contribution is 2.38. The number of aromatic amines is 1. The average molecular weight is 336 g/mol. The fourth-order valence-corrected chi connectivity index (χ4v) is 3.15. The van der Waals surface area contributed by atoms with Gasteiger partial charge in [-0.05, 0) is 31.1 Å². The van der Waals surface area contributed by atoms with E-state index >= 15 is 0 Å². The number of aliphatic carboxylic acids is 1. The second-order valence-corrected chi connectivity index (χ2v) is 6.14. The van der Waals surface area contributed by atoms with Crippen molar-refractivity contribution in [2.45, 2.75) is 38.6 Å². The number of hydrogen-bond acceptors (Lipinski definition) is 4. The van der Waals surface area contributed by atoms with Crippen molar-refractivity contribution in [2.75, 3.05) is 0 Å². The van der Waals surface area contributed by atoms with Gasteiger partial charge in [0.05, 0.1) is 11.0 Å². The molecule has 0 aromatic carbocycles. The van der Waals surface area contributed by atoms with Gasteiger partial charge in [0.25, 0.3) is 5.56 Å². The predicted octanol–water partition coefficient (Wildman–Crippen LogP) is 2.85. The minimum Gasteiger partial charge on any atom is -0.494 e. The summed E-state index contributed by atoms with van der Waals surface area (Å²) in [5.41, 5.74) is -1.51. The lowest BCUT2D eigenvalue weighted by molar-refractivity contribution is -0.147. The minimum absolute atomic E-state index is 0.00616. The van der Waals surface area contributed by atoms with E-state index in [0.717, 1.165) is 19.3 Å². The van der Waals surface area contributed by atoms with Crippen molar-refractivity contribution in [2.24, 2.45) is 5.41 Å². The van der Waals surface area contributed by atoms with Gasteiger partial charge >= 0.3 is 5.97 Å². The highest BCUT2D eigenvalue weighted by molar-refractivity contribution is 7.71. The summed E-state index contributed by atoms with van der Waals surface area (Å²) in [5.74, 6) is -1.19. The summed E-state index contributed by atoms with van der Waals surface area (Å²) in [4.78, 5) is 26.2. The lowest BCUT2D eigenvalue weighted by Gasteiger charge is -2.30. The monoisotopic (exact) mass is 336 g/mol. The molecule has 0 atom stereocenters. The van der Waals surface area contributed by atoms with Gasteiger partial charge in [0.2, 0.25) is 5.88 Å². The zero-order chi connectivity index (χ0) is 17.0. The molecule has 0 radical (unpaired) electrons. The van der Waals surface area contributed by atoms with E-state index in [1.165, 1.54) is 16.7 Å². The molecule has 1 saturated carbocycles. The standard InChI is InChI=1S/C16H20N2O4S/c1-2-10-18-13(20)11(12(19)17-15(18)23)6-9-16(14(21)22)7-4-3-5-8-16/h2,6,9,20H,1,3-5,7-8,10H2,(H,21,22)(H,17,19,23). The van der Waals surface area contributed by atoms with E-state index in [9.17, 15) is 19.8 Å². The topological polar surface area (TPSA) is 95.3 Å². The highest BCUT2D eigenvalue weighted by Gasteiger charge is 2.37. The van der Waals surface area contributed by atoms with Crippen LogP contribution in [0.5, 0.6) is 5.88 Å². The molecule has 0 bridgehead atoms. The number of hydrogen-bond donors (Lipinski definition) is 3. The molecule has 0 amide bonds. The van der Waals surface area contributed by atoms with Crippen LogP contribution < -0.4 is 5.56 Å². The molecule has 1 fully saturated rings. The fourth-order valence-electron chi connectivity index (χ4n) is 2.90. The highest BCUT2D eigenvalue weighted by atomic mass is 32.1. The Morgan fingerprint density at radius 3 is 2.61 bits per heavy atom. The van der Waals surface area contributed by atoms with Gasteiger partial charge in [0.15, 0.2) is 4.77 Å². The van der Waals surface area contributed by atoms with Crippen LogP contribution in [0.15, 0.2) is 23.5 Å². The van der Waals surface area contributed by atoms with Crippen LogP contribution in [-0.4, -0.2) is 25.7 Å². The second kappa shape index (κ2) is 6.95. The first-order valence-electron chi connectivity index (χ1n) is 7.51. The molecule has 3 N–H and O–H groups in total. The molecule has 1 heterocycles. The van der Waals surface area contributed by atoms with Crippen LogP contribution in [0.3, 0.4) is 0 Å². The van der Waals surface area contributed by atoms with Gasteiger partial charge in [0, 0.05) is 6.54 Å². The van der Waals surface area contributed by atoms with Crippen LogP contribution in [0.4, 0.5) is 0 Å². The molecule has 6 nitrogen and oxygen atoms in total. The molecule has 0 saturated heterocycles. The van der Waals surface area contributed by atoms with E-state index in [0.29, 0.717) is 12.8 Å². The van der Waals surface area contributed by atoms with Gasteiger partial charge in [-0.25, -0.2) is 0 Å². The summed E-state index contributed by atoms with van der Waals surface area (Å²) in [6.07, 6.45) is 8.20. The lowest BCUT2D eigenvalue weighted by atomic mass is 9.74. The first kappa shape index (κ1) is 17.2. The number of aromatic hydroxyl groups is 1. The second-order valence-electron chi connectivity index (χ2n) is 5.75. The Morgan fingerprint density at radius 2 is 2.04 bits per heavy atom. The van der Waals surface area contributed by atoms with Crippen LogP contribution >= 0.6 is 12.2 Å². The van der Waals surface area contributed by atoms with Crippen molar-refractivity contribution in [3.05, 3.63) is 39.4 Å². The molecular weight excluding hydrogens is 316 g/mol. The van der Waals surface area contributed by atoms with Gasteiger partial charge in [-0.15, -0.1) is 6.58 Å². The summed E-state index contributed by atoms with van der Waals surface area (Å²) in [6, 6.07) is 0. The largest absolute Gasteiger partial charge is 0.494 e. The molecule has 0 aliphatic heterocycles. The lowest BCUT2D eigenvalue weighted by Crippen LogP contribution is -2.31. The van der Waals surface area contributed by atoms with E-state index in [-0.39, 0.29) is 22.8 Å². The number of nitrogens with one attached hydrogen (secondary N) is 1. The van der Waals surface area contributed by atoms with Gasteiger partial charge in [-0.3, -0.25) is 19.1 Å². The number of carboxylic acid groups (broad SMARTS) is 1. The van der Waals surface area contributed by atoms with Crippen LogP contribution in [0.25, 0.3) is 6.08 Å². The van der Waals surface area contributed by atoms with Crippen LogP contribution in [-0.2, 0) is 11.3 Å². The van der Waals surface area contributed by atoms with Gasteiger partial charge in [-0.2, -0.15) is 0 Å². The molecule has 2 rings (SSSR count). The Kier molecular flexibility index (Phi) is 5.20. The van der Waals surface area contributed by atoms with E-state index in [4.69, 9.17) is 12.2 Å². The summed E-state index contributed by atoms with van der Waals surface area (Å²) >= 11 is 5.01. The number of carboxylic acids is 1. The van der Waals surface area contributed by atoms with E-state index < -0.39 is 16.9 Å². The third-order valence-electron chi connectivity index (χ3n) is 4.26. The van der Waals surface area contributed by atoms with Gasteiger partial charge < -0.3 is 10.2 Å². The predicted molar refractivity (Wildman–Crippen MR) is 89.9 cm³/mol. The third kappa shape index (κ3) is 3.44. The van der Waals surface area contributed by atoms with Crippen molar-refractivity contribution in [3.8, 4) is 5.88 Å². The first-order valence-corrected chi connectivity index (χ1v) is 7.92. The van der Waals surface area contributed by atoms with Crippen molar-refractivity contribution >= 4 is 24.3 Å². The van der Waals surface area contributed by atoms with Crippen molar-refractivity contribution in [1.82, 2.24) is 9.55 Å². The molecule has 7 heteroatoms. The maximum Gasteiger partial charge on any atom is 0.313 e. The quantitative estimate of drug-likeness (QED) is 0.568. The Morgan fingerprint density at radius 1 is 1.39 bits per heavy atom. The Hall–Kier alpha value is -2.15. The third-order valence-corrected chi connectivity index (χ3v) is 4.58. The SMILES string of the molecule is C=CCn1c(O)c(C=CC2(C(=O)O)CCCCC2)c(=O)[nH]c1=S. The number of rotatable bonds is 5. The molecule has 1 aromatic rings. The zero-order valence-corrected chi connectivity index (χ0v) is 13.6. The number of allylic oxidation sites excluding steroid dienone is 1. The fraction of sp³-hybridized carbons (Fsp3) is 0.438. The van der Waals surface area contributed by atoms with E-state index in [1.807, 2.05) is 0 Å². The molecule has 1 aromatic heterocycles. The van der Waals surface area contributed by atoms with Crippen LogP contribution in [0, 0.1) is 10.2 Å². The Balaban J connectivity index is 2.48. The number of carbonyl (C=O) groups is 1. The molecule has 124 valence electrons. The molecule has 23 heavy (non-hydrogen) atoms. The smallest absolute Gasteiger partial charge is 0.313 e. The van der Waals surface area contributed by atoms with Crippen molar-refractivity contribution < 1.29 is 15.0 Å². The molecule has 1 aliphatic carbocycles. The molecule has 1 aliphatic rings. The van der Waals surface area contributed by atoms with E-state index in [2.05, 4.69) is 11.6 Å². The van der Waals surface area contributed by atoms with Crippen molar-refractivity contribution in [1.29, 1.82) is 0 Å². The summed E-state index contributed by atoms with van der Waals surface area (Å²) in [6.45, 7) is 3.82. The van der Waals surface area contributed by atoms with Gasteiger partial charge in [0.1, 0.15) is 0 Å². The van der Waals surface area contributed by atoms with Crippen LogP contribution in [0.2, 0.25) is 0 Å². The zero-order valence-electron chi connectivity index (χ0n) is 12.7. The maximum atomic E-state index is 12.0. The van der Waals surface area contributed by atoms with E-state index in [1.54, 1.807) is 6.08 Å². The Bertz CT molecular complexity index is 754. The summed E-state index contributed by atoms with van der Waals surface area (Å²) < 4.78 is 1.42. The minimum atomic E-state index is -0.979.